The molecule has 0 aromatic rings. The first-order chi connectivity index (χ1) is 49.2. The molecule has 0 unspecified atom stereocenters. The van der Waals surface area contributed by atoms with Crippen LogP contribution in [0, 0.1) is 50.2 Å². The van der Waals surface area contributed by atoms with E-state index in [-0.39, 0.29) is 42.1 Å². The first-order valence-corrected chi connectivity index (χ1v) is 37.0. The van der Waals surface area contributed by atoms with Crippen LogP contribution in [-0.4, -0.2) is 356 Å². The normalized spacial score (nSPS) is 55.0. The van der Waals surface area contributed by atoms with Gasteiger partial charge in [-0.3, -0.25) is 4.79 Å². The largest absolute Gasteiger partial charge is 0.432 e. The van der Waals surface area contributed by atoms with Crippen LogP contribution >= 0.6 is 0 Å². The number of carbonyl (C=O) groups is 1. The first kappa shape index (κ1) is 82.4. The molecule has 11 fully saturated rings. The van der Waals surface area contributed by atoms with Gasteiger partial charge >= 0.3 is 5.97 Å². The summed E-state index contributed by atoms with van der Waals surface area (Å²) in [5.41, 5.74) is -2.75. The first-order valence-electron chi connectivity index (χ1n) is 37.0. The molecule has 35 heteroatoms. The van der Waals surface area contributed by atoms with Crippen molar-refractivity contribution in [3.63, 3.8) is 0 Å². The Morgan fingerprint density at radius 3 is 1.69 bits per heavy atom. The van der Waals surface area contributed by atoms with Crippen molar-refractivity contribution < 1.29 is 173 Å². The number of hydrogen-bond donors (Lipinski definition) is 20. The van der Waals surface area contributed by atoms with Crippen LogP contribution in [0.3, 0.4) is 0 Å². The van der Waals surface area contributed by atoms with E-state index in [1.165, 1.54) is 13.8 Å². The molecule has 5 aliphatic carbocycles. The third kappa shape index (κ3) is 14.4. The van der Waals surface area contributed by atoms with Gasteiger partial charge in [-0.25, -0.2) is 0 Å². The van der Waals surface area contributed by atoms with Crippen molar-refractivity contribution in [1.82, 2.24) is 0 Å². The van der Waals surface area contributed by atoms with Gasteiger partial charge in [-0.15, -0.1) is 0 Å². The number of hydrogen-bond acceptors (Lipinski definition) is 35. The fraction of sp³-hybridized carbons (Fsp3) is 0.957. The maximum Gasteiger partial charge on any atom is 0.315 e. The van der Waals surface area contributed by atoms with Crippen molar-refractivity contribution in [3.8, 4) is 0 Å². The summed E-state index contributed by atoms with van der Waals surface area (Å²) >= 11 is 0. The maximum absolute atomic E-state index is 15.4. The third-order valence-corrected chi connectivity index (χ3v) is 27.1. The minimum Gasteiger partial charge on any atom is -0.432 e. The van der Waals surface area contributed by atoms with Crippen LogP contribution in [0.25, 0.3) is 0 Å². The summed E-state index contributed by atoms with van der Waals surface area (Å²) in [5.74, 6) is -1.15. The number of fused-ring (bicyclic) bond motifs is 7. The molecule has 20 N–H and O–H groups in total. The predicted octanol–water partition coefficient (Wildman–Crippen LogP) is -6.26. The molecule has 12 rings (SSSR count). The zero-order valence-corrected chi connectivity index (χ0v) is 60.5. The third-order valence-electron chi connectivity index (χ3n) is 27.1. The zero-order chi connectivity index (χ0) is 76.6. The molecular weight excluding hydrogens is 1400 g/mol. The predicted molar refractivity (Wildman–Crippen MR) is 347 cm³/mol. The van der Waals surface area contributed by atoms with E-state index in [9.17, 15) is 102 Å². The lowest BCUT2D eigenvalue weighted by Crippen LogP contribution is -2.67. The number of rotatable bonds is 17. The van der Waals surface area contributed by atoms with Crippen molar-refractivity contribution in [2.24, 2.45) is 50.2 Å². The minimum absolute atomic E-state index is 0.0127. The second-order valence-electron chi connectivity index (χ2n) is 33.8. The molecule has 7 saturated heterocycles. The number of aliphatic hydroxyl groups excluding tert-OH is 20. The van der Waals surface area contributed by atoms with E-state index in [2.05, 4.69) is 40.7 Å². The van der Waals surface area contributed by atoms with Crippen LogP contribution in [0.15, 0.2) is 11.6 Å². The molecule has 0 amide bonds. The fourth-order valence-corrected chi connectivity index (χ4v) is 20.2. The van der Waals surface area contributed by atoms with Gasteiger partial charge < -0.3 is 168 Å². The highest BCUT2D eigenvalue weighted by atomic mass is 16.8. The van der Waals surface area contributed by atoms with Crippen LogP contribution in [0.1, 0.15) is 120 Å². The van der Waals surface area contributed by atoms with Gasteiger partial charge in [0.2, 0.25) is 6.29 Å². The van der Waals surface area contributed by atoms with Crippen LogP contribution in [0.5, 0.6) is 0 Å². The molecular formula is C70H114O35. The van der Waals surface area contributed by atoms with Crippen molar-refractivity contribution in [1.29, 1.82) is 0 Å². The molecule has 604 valence electrons. The van der Waals surface area contributed by atoms with Gasteiger partial charge in [0.15, 0.2) is 37.7 Å². The monoisotopic (exact) mass is 1510 g/mol. The van der Waals surface area contributed by atoms with Crippen molar-refractivity contribution in [2.45, 2.75) is 335 Å². The maximum atomic E-state index is 15.4. The summed E-state index contributed by atoms with van der Waals surface area (Å²) in [6.07, 6.45) is -49.6. The fourth-order valence-electron chi connectivity index (χ4n) is 20.2. The summed E-state index contributed by atoms with van der Waals surface area (Å²) in [6, 6.07) is 0. The van der Waals surface area contributed by atoms with E-state index >= 15 is 4.79 Å². The molecule has 12 aliphatic rings. The lowest BCUT2D eigenvalue weighted by atomic mass is 9.33. The topological polar surface area (TPSA) is 551 Å². The second-order valence-corrected chi connectivity index (χ2v) is 33.8. The van der Waals surface area contributed by atoms with Gasteiger partial charge in [0, 0.05) is 0 Å². The Balaban J connectivity index is 0.703. The molecule has 35 nitrogen and oxygen atoms in total. The highest BCUT2D eigenvalue weighted by Crippen LogP contribution is 2.76. The summed E-state index contributed by atoms with van der Waals surface area (Å²) in [5, 5.41) is 219. The average molecular weight is 1520 g/mol. The highest BCUT2D eigenvalue weighted by molar-refractivity contribution is 5.79. The number of allylic oxidation sites excluding steroid dienone is 2. The molecule has 105 heavy (non-hydrogen) atoms. The smallest absolute Gasteiger partial charge is 0.315 e. The molecule has 42 atom stereocenters. The Bertz CT molecular complexity index is 2990. The number of ether oxygens (including phenoxy) is 14. The highest BCUT2D eigenvalue weighted by Gasteiger charge is 2.71. The van der Waals surface area contributed by atoms with Gasteiger partial charge in [0.1, 0.15) is 146 Å². The summed E-state index contributed by atoms with van der Waals surface area (Å²) < 4.78 is 83.0. The molecule has 0 radical (unpaired) electrons. The zero-order valence-electron chi connectivity index (χ0n) is 60.5. The molecule has 0 aromatic heterocycles. The Morgan fingerprint density at radius 1 is 0.467 bits per heavy atom. The number of aliphatic hydroxyl groups is 20. The lowest BCUT2D eigenvalue weighted by molar-refractivity contribution is -0.382. The summed E-state index contributed by atoms with van der Waals surface area (Å²) in [6.45, 7) is 14.8. The van der Waals surface area contributed by atoms with E-state index in [1.54, 1.807) is 0 Å². The quantitative estimate of drug-likeness (QED) is 0.0366. The summed E-state index contributed by atoms with van der Waals surface area (Å²) in [7, 11) is 0. The van der Waals surface area contributed by atoms with Gasteiger partial charge in [-0.1, -0.05) is 60.1 Å². The Morgan fingerprint density at radius 2 is 1.02 bits per heavy atom. The lowest BCUT2D eigenvalue weighted by Gasteiger charge is -2.71. The second kappa shape index (κ2) is 31.0. The summed E-state index contributed by atoms with van der Waals surface area (Å²) in [4.78, 5) is 15.4. The number of carbonyl (C=O) groups excluding carboxylic acids is 1. The van der Waals surface area contributed by atoms with Gasteiger partial charge in [-0.2, -0.15) is 0 Å². The number of esters is 1. The van der Waals surface area contributed by atoms with E-state index in [4.69, 9.17) is 66.3 Å². The van der Waals surface area contributed by atoms with Gasteiger partial charge in [0.05, 0.1) is 62.9 Å². The van der Waals surface area contributed by atoms with Crippen molar-refractivity contribution >= 4 is 5.97 Å². The molecule has 7 heterocycles. The van der Waals surface area contributed by atoms with E-state index in [0.717, 1.165) is 18.4 Å². The standard InChI is InChI=1S/C70H114O35/c1-25-38(75)44(81)49(86)59(95-25)102-54-31(21-72)98-57(52(89)47(54)84)93-23-32-42(79)46(83)51(88)61(100-32)105-64(91)70-17-16-68(8)27(28(70)18-65(3,4)36(74)19-70)10-11-35-67(7)14-13-37(66(5,6)34(67)12-15-69(35,68)9)101-63-56(40(77)29(73)22-92-63)104-62-53(90)55(39(76)26(2)96-62)103-58-48(85)43(80)33(24-94-58)99-60-50(87)45(82)41(78)30(20-71)97-60/h10,25-26,28-63,71-90H,11-24H2,1-9H3/t25-,26+,28-,29-,30-,31+,32+,33-,34-,35-,36+,37+,38-,39+,40+,41+,42-,43+,44-,45+,46+,47-,48-,49-,50-,51-,52+,53+,54-,55-,56+,57+,58+,59-,60+,61+,62+,63+,67-,68+,69+,70-/m1/s1. The van der Waals surface area contributed by atoms with Crippen LogP contribution in [0.2, 0.25) is 0 Å². The van der Waals surface area contributed by atoms with E-state index < -0.39 is 275 Å². The van der Waals surface area contributed by atoms with Crippen molar-refractivity contribution in [2.75, 3.05) is 33.0 Å². The van der Waals surface area contributed by atoms with Crippen LogP contribution in [0.4, 0.5) is 0 Å². The van der Waals surface area contributed by atoms with Crippen LogP contribution in [-0.2, 0) is 71.1 Å². The molecule has 0 aromatic carbocycles. The van der Waals surface area contributed by atoms with E-state index in [1.807, 2.05) is 13.8 Å². The molecule has 0 bridgehead atoms. The molecule has 7 aliphatic heterocycles. The Kier molecular flexibility index (Phi) is 24.3. The van der Waals surface area contributed by atoms with Gasteiger partial charge in [0.25, 0.3) is 0 Å². The van der Waals surface area contributed by atoms with E-state index in [0.29, 0.717) is 32.1 Å². The Labute approximate surface area is 607 Å². The van der Waals surface area contributed by atoms with Gasteiger partial charge in [-0.05, 0) is 116 Å². The Hall–Kier alpha value is -2.11. The van der Waals surface area contributed by atoms with Crippen molar-refractivity contribution in [3.05, 3.63) is 11.6 Å². The minimum atomic E-state index is -1.99. The van der Waals surface area contributed by atoms with Crippen LogP contribution < -0.4 is 0 Å². The SMILES string of the molecule is C[C@@H]1O[C@@H](O[C@@H]2[C@H](O[C@H]3CC[C@]4(C)[C@H](CC[C@@]5(C)[C@@H]4CC=C4[C@H]6CC(C)(C)[C@@H](O)C[C@]6(C(=O)O[C@@H]6O[C@@H](CO[C@H]7O[C@@H](CO)[C@@H](O[C@H]8O[C@H](C)[C@@H](O)[C@@H](O)[C@H]8O)[C@H](O)[C@@H]7O)[C@@H](O)[C@H](O)[C@H]6O)CC[C@@]45C)C3(C)C)OC[C@@H](O)[C@@H]2O)[C@@H](O)[C@H](O[C@@H]2OC[C@@H](O[C@@H]3O[C@H](CO)[C@H](O)[C@H](O)[C@H]3O)[C@H](O)[C@H]2O)[C@H]1O. The molecule has 0 spiro atoms. The average Bonchev–Trinajstić information content (AvgIpc) is 0.673. The molecule has 4 saturated carbocycles.